The summed E-state index contributed by atoms with van der Waals surface area (Å²) in [7, 11) is 0. The second-order valence-electron chi connectivity index (χ2n) is 8.31. The van der Waals surface area contributed by atoms with Crippen molar-refractivity contribution in [2.24, 2.45) is 10.7 Å². The molecule has 2 aliphatic rings. The van der Waals surface area contributed by atoms with Crippen molar-refractivity contribution in [3.63, 3.8) is 0 Å². The molecule has 8 nitrogen and oxygen atoms in total. The minimum atomic E-state index is -1.13. The number of nitrogens with two attached hydrogens (primary N) is 1. The number of nitrogens with zero attached hydrogens (tertiary/aromatic N) is 2. The first-order valence-corrected chi connectivity index (χ1v) is 11.4. The number of rotatable bonds is 5. The molecule has 0 saturated carbocycles. The Morgan fingerprint density at radius 3 is 2.79 bits per heavy atom. The number of hydrogen-bond donors (Lipinski definition) is 3. The van der Waals surface area contributed by atoms with Gasteiger partial charge in [0.15, 0.2) is 6.23 Å². The van der Waals surface area contributed by atoms with Gasteiger partial charge in [0.05, 0.1) is 0 Å². The standard InChI is InChI=1S/C25H24ClN5O3/c26-18-9-4-8-17(13-18)23-30-29-21-11-12-31(25(33)24(28-21)34-23)20(22(27)32)14-16-7-3-6-15-5-1-2-10-19(15)16/h1-10,13,20,23-24,30H,11-12,14H2,(H2,27,32)(H,28,29). The predicted molar refractivity (Wildman–Crippen MR) is 130 cm³/mol. The average molecular weight is 478 g/mol. The number of primary amides is 1. The number of carbonyl (C=O) groups excluding carboxylic acids is 2. The molecule has 34 heavy (non-hydrogen) atoms. The van der Waals surface area contributed by atoms with E-state index in [0.717, 1.165) is 21.9 Å². The molecule has 0 spiro atoms. The lowest BCUT2D eigenvalue weighted by Crippen LogP contribution is -2.53. The summed E-state index contributed by atoms with van der Waals surface area (Å²) in [6.45, 7) is 0.284. The van der Waals surface area contributed by atoms with Gasteiger partial charge < -0.3 is 20.8 Å². The zero-order chi connectivity index (χ0) is 23.7. The highest BCUT2D eigenvalue weighted by Crippen LogP contribution is 2.26. The van der Waals surface area contributed by atoms with E-state index in [4.69, 9.17) is 22.1 Å². The molecule has 2 amide bonds. The van der Waals surface area contributed by atoms with Crippen LogP contribution in [0.15, 0.2) is 71.7 Å². The Morgan fingerprint density at radius 2 is 1.97 bits per heavy atom. The third-order valence-corrected chi connectivity index (χ3v) is 6.35. The fourth-order valence-electron chi connectivity index (χ4n) is 4.42. The number of carbonyl (C=O) groups is 2. The highest BCUT2D eigenvalue weighted by Gasteiger charge is 2.38. The van der Waals surface area contributed by atoms with Crippen LogP contribution in [0.3, 0.4) is 0 Å². The van der Waals surface area contributed by atoms with Crippen molar-refractivity contribution < 1.29 is 14.3 Å². The minimum absolute atomic E-state index is 0.284. The van der Waals surface area contributed by atoms with E-state index in [2.05, 4.69) is 15.8 Å². The van der Waals surface area contributed by atoms with Gasteiger partial charge in [0.2, 0.25) is 12.1 Å². The molecular weight excluding hydrogens is 454 g/mol. The van der Waals surface area contributed by atoms with Crippen molar-refractivity contribution in [2.45, 2.75) is 31.3 Å². The molecule has 2 bridgehead atoms. The Hall–Kier alpha value is -3.46. The summed E-state index contributed by atoms with van der Waals surface area (Å²) >= 11 is 6.13. The van der Waals surface area contributed by atoms with E-state index >= 15 is 0 Å². The normalized spacial score (nSPS) is 21.3. The molecule has 3 atom stereocenters. The average Bonchev–Trinajstić information content (AvgIpc) is 3.14. The van der Waals surface area contributed by atoms with E-state index in [1.807, 2.05) is 48.5 Å². The SMILES string of the molecule is NC(=O)C(Cc1cccc2ccccc12)N1CCC2=NC(OC(c3cccc(Cl)c3)NN2)C1=O. The summed E-state index contributed by atoms with van der Waals surface area (Å²) < 4.78 is 6.03. The van der Waals surface area contributed by atoms with Gasteiger partial charge in [0, 0.05) is 24.4 Å². The van der Waals surface area contributed by atoms with Gasteiger partial charge in [-0.15, -0.1) is 0 Å². The van der Waals surface area contributed by atoms with Gasteiger partial charge in [-0.2, -0.15) is 0 Å². The lowest BCUT2D eigenvalue weighted by molar-refractivity contribution is -0.153. The smallest absolute Gasteiger partial charge is 0.275 e. The van der Waals surface area contributed by atoms with E-state index in [0.29, 0.717) is 23.7 Å². The number of nitrogens with one attached hydrogen (secondary N) is 2. The number of hydrogen-bond acceptors (Lipinski definition) is 6. The number of amides is 2. The molecule has 2 heterocycles. The Morgan fingerprint density at radius 1 is 1.18 bits per heavy atom. The Bertz CT molecular complexity index is 1270. The molecule has 9 heteroatoms. The maximum atomic E-state index is 13.6. The maximum Gasteiger partial charge on any atom is 0.275 e. The molecule has 3 aromatic carbocycles. The number of hydrazine groups is 1. The van der Waals surface area contributed by atoms with Gasteiger partial charge in [-0.05, 0) is 34.0 Å². The topological polar surface area (TPSA) is 109 Å². The first kappa shape index (κ1) is 22.3. The highest BCUT2D eigenvalue weighted by molar-refractivity contribution is 6.30. The summed E-state index contributed by atoms with van der Waals surface area (Å²) in [5.41, 5.74) is 13.6. The molecule has 3 unspecified atom stereocenters. The highest BCUT2D eigenvalue weighted by atomic mass is 35.5. The number of halogens is 1. The summed E-state index contributed by atoms with van der Waals surface area (Å²) in [6, 6.07) is 20.2. The van der Waals surface area contributed by atoms with Gasteiger partial charge in [-0.25, -0.2) is 10.4 Å². The van der Waals surface area contributed by atoms with Crippen LogP contribution in [-0.2, 0) is 20.7 Å². The van der Waals surface area contributed by atoms with E-state index in [1.54, 1.807) is 18.2 Å². The first-order valence-electron chi connectivity index (χ1n) is 11.0. The monoisotopic (exact) mass is 477 g/mol. The third-order valence-electron chi connectivity index (χ3n) is 6.12. The Labute approximate surface area is 201 Å². The van der Waals surface area contributed by atoms with Crippen molar-refractivity contribution >= 4 is 40.0 Å². The quantitative estimate of drug-likeness (QED) is 0.523. The van der Waals surface area contributed by atoms with Crippen LogP contribution < -0.4 is 16.6 Å². The van der Waals surface area contributed by atoms with Crippen LogP contribution in [-0.4, -0.2) is 41.4 Å². The van der Waals surface area contributed by atoms with Crippen LogP contribution in [0.25, 0.3) is 10.8 Å². The predicted octanol–water partition coefficient (Wildman–Crippen LogP) is 2.67. The van der Waals surface area contributed by atoms with Gasteiger partial charge in [0.25, 0.3) is 5.91 Å². The van der Waals surface area contributed by atoms with Crippen molar-refractivity contribution in [3.05, 3.63) is 82.9 Å². The molecule has 2 aliphatic heterocycles. The van der Waals surface area contributed by atoms with Crippen LogP contribution in [0.4, 0.5) is 0 Å². The second-order valence-corrected chi connectivity index (χ2v) is 8.75. The third kappa shape index (κ3) is 4.48. The molecule has 3 aromatic rings. The molecule has 0 radical (unpaired) electrons. The van der Waals surface area contributed by atoms with E-state index < -0.39 is 30.3 Å². The number of ether oxygens (including phenoxy) is 1. The largest absolute Gasteiger partial charge is 0.368 e. The summed E-state index contributed by atoms with van der Waals surface area (Å²) in [5.74, 6) is -0.409. The molecular formula is C25H24ClN5O3. The van der Waals surface area contributed by atoms with Gasteiger partial charge in [0.1, 0.15) is 11.9 Å². The summed E-state index contributed by atoms with van der Waals surface area (Å²) in [5, 5.41) is 2.64. The van der Waals surface area contributed by atoms with Crippen molar-refractivity contribution in [1.29, 1.82) is 0 Å². The number of benzene rings is 3. The van der Waals surface area contributed by atoms with Gasteiger partial charge in [-0.3, -0.25) is 9.59 Å². The van der Waals surface area contributed by atoms with Crippen molar-refractivity contribution in [3.8, 4) is 0 Å². The number of amidine groups is 1. The minimum Gasteiger partial charge on any atom is -0.368 e. The molecule has 4 N–H and O–H groups in total. The summed E-state index contributed by atoms with van der Waals surface area (Å²) in [4.78, 5) is 32.1. The molecule has 5 rings (SSSR count). The van der Waals surface area contributed by atoms with E-state index in [-0.39, 0.29) is 6.54 Å². The summed E-state index contributed by atoms with van der Waals surface area (Å²) in [6.07, 6.45) is -1.08. The first-order chi connectivity index (χ1) is 16.5. The zero-order valence-corrected chi connectivity index (χ0v) is 19.0. The molecule has 0 aromatic heterocycles. The van der Waals surface area contributed by atoms with E-state index in [1.165, 1.54) is 4.90 Å². The molecule has 0 fully saturated rings. The number of aliphatic imine (C=N–C) groups is 1. The molecule has 0 saturated heterocycles. The van der Waals surface area contributed by atoms with Gasteiger partial charge >= 0.3 is 0 Å². The van der Waals surface area contributed by atoms with Crippen molar-refractivity contribution in [1.82, 2.24) is 15.8 Å². The maximum absolute atomic E-state index is 13.6. The van der Waals surface area contributed by atoms with Crippen molar-refractivity contribution in [2.75, 3.05) is 6.54 Å². The Kier molecular flexibility index (Phi) is 6.19. The molecule has 0 aliphatic carbocycles. The van der Waals surface area contributed by atoms with Crippen LogP contribution in [0.1, 0.15) is 23.8 Å². The van der Waals surface area contributed by atoms with Crippen LogP contribution in [0.5, 0.6) is 0 Å². The molecule has 174 valence electrons. The van der Waals surface area contributed by atoms with Gasteiger partial charge in [-0.1, -0.05) is 66.2 Å². The fraction of sp³-hybridized carbons (Fsp3) is 0.240. The lowest BCUT2D eigenvalue weighted by Gasteiger charge is -2.32. The van der Waals surface area contributed by atoms with Crippen LogP contribution in [0.2, 0.25) is 5.02 Å². The number of fused-ring (bicyclic) bond motifs is 2. The van der Waals surface area contributed by atoms with Crippen LogP contribution >= 0.6 is 11.6 Å². The lowest BCUT2D eigenvalue weighted by atomic mass is 9.97. The second kappa shape index (κ2) is 9.42. The zero-order valence-electron chi connectivity index (χ0n) is 18.3. The van der Waals surface area contributed by atoms with Crippen LogP contribution in [0, 0.1) is 0 Å². The van der Waals surface area contributed by atoms with E-state index in [9.17, 15) is 9.59 Å². The fourth-order valence-corrected chi connectivity index (χ4v) is 4.62. The Balaban J connectivity index is 1.42.